The molecule has 0 atom stereocenters. The van der Waals surface area contributed by atoms with Gasteiger partial charge in [0.05, 0.1) is 24.3 Å². The number of ketones is 1. The van der Waals surface area contributed by atoms with Crippen LogP contribution in [0.1, 0.15) is 21.5 Å². The lowest BCUT2D eigenvalue weighted by atomic mass is 10.0. The summed E-state index contributed by atoms with van der Waals surface area (Å²) >= 11 is 0. The number of methoxy groups -OCH3 is 1. The minimum absolute atomic E-state index is 0.0407. The molecule has 1 aliphatic rings. The number of nitrogens with zero attached hydrogens (tertiary/aromatic N) is 2. The average molecular weight is 278 g/mol. The van der Waals surface area contributed by atoms with Crippen molar-refractivity contribution in [3.05, 3.63) is 64.4 Å². The highest BCUT2D eigenvalue weighted by Crippen LogP contribution is 2.29. The first-order valence-corrected chi connectivity index (χ1v) is 6.23. The summed E-state index contributed by atoms with van der Waals surface area (Å²) in [4.78, 5) is 12.4. The largest absolute Gasteiger partial charge is 0.618 e. The van der Waals surface area contributed by atoms with E-state index in [1.165, 1.54) is 25.3 Å². The number of benzene rings is 2. The molecule has 0 aliphatic carbocycles. The quantitative estimate of drug-likeness (QED) is 0.624. The number of nitriles is 1. The Bertz CT molecular complexity index is 832. The van der Waals surface area contributed by atoms with Crippen LogP contribution in [0.25, 0.3) is 0 Å². The van der Waals surface area contributed by atoms with Crippen LogP contribution in [0.15, 0.2) is 42.5 Å². The number of hydrogen-bond acceptors (Lipinski definition) is 4. The summed E-state index contributed by atoms with van der Waals surface area (Å²) < 4.78 is 5.69. The number of Topliss-reactive ketones (excluding diaryl/α,β-unsaturated/α-hetero) is 1. The molecule has 0 saturated heterocycles. The topological polar surface area (TPSA) is 76.2 Å². The van der Waals surface area contributed by atoms with E-state index in [0.717, 1.165) is 0 Å². The Morgan fingerprint density at radius 1 is 1.24 bits per heavy atom. The summed E-state index contributed by atoms with van der Waals surface area (Å²) in [6.45, 7) is 0. The molecule has 1 aliphatic heterocycles. The van der Waals surface area contributed by atoms with Crippen LogP contribution < -0.4 is 4.74 Å². The fraction of sp³-hybridized carbons (Fsp3) is 0.0625. The van der Waals surface area contributed by atoms with Gasteiger partial charge in [-0.1, -0.05) is 6.07 Å². The van der Waals surface area contributed by atoms with E-state index in [-0.39, 0.29) is 17.2 Å². The maximum absolute atomic E-state index is 12.4. The molecule has 0 spiro atoms. The molecule has 21 heavy (non-hydrogen) atoms. The van der Waals surface area contributed by atoms with Crippen molar-refractivity contribution in [1.82, 2.24) is 0 Å². The van der Waals surface area contributed by atoms with Gasteiger partial charge in [0.1, 0.15) is 11.3 Å². The van der Waals surface area contributed by atoms with Crippen LogP contribution >= 0.6 is 0 Å². The van der Waals surface area contributed by atoms with Crippen LogP contribution in [0.5, 0.6) is 5.75 Å². The van der Waals surface area contributed by atoms with E-state index in [0.29, 0.717) is 27.2 Å². The molecule has 5 nitrogen and oxygen atoms in total. The number of fused-ring (bicyclic) bond motifs is 1. The number of ether oxygens (including phenoxy) is 1. The van der Waals surface area contributed by atoms with E-state index < -0.39 is 0 Å². The summed E-state index contributed by atoms with van der Waals surface area (Å²) in [6, 6.07) is 13.2. The normalized spacial score (nSPS) is 13.0. The van der Waals surface area contributed by atoms with Crippen LogP contribution in [-0.4, -0.2) is 23.3 Å². The Morgan fingerprint density at radius 2 is 2.05 bits per heavy atom. The van der Waals surface area contributed by atoms with Gasteiger partial charge >= 0.3 is 0 Å². The van der Waals surface area contributed by atoms with Gasteiger partial charge in [-0.15, -0.1) is 0 Å². The molecule has 2 aromatic rings. The third kappa shape index (κ3) is 1.94. The Balaban J connectivity index is 2.18. The third-order valence-corrected chi connectivity index (χ3v) is 3.35. The molecule has 0 fully saturated rings. The van der Waals surface area contributed by atoms with Crippen molar-refractivity contribution in [2.24, 2.45) is 0 Å². The van der Waals surface area contributed by atoms with Crippen LogP contribution in [0.2, 0.25) is 0 Å². The second-order valence-corrected chi connectivity index (χ2v) is 4.55. The number of rotatable bonds is 2. The summed E-state index contributed by atoms with van der Waals surface area (Å²) in [5.41, 5.74) is 1.39. The van der Waals surface area contributed by atoms with E-state index >= 15 is 0 Å². The third-order valence-electron chi connectivity index (χ3n) is 3.35. The fourth-order valence-electron chi connectivity index (χ4n) is 2.32. The van der Waals surface area contributed by atoms with Gasteiger partial charge in [-0.3, -0.25) is 4.79 Å². The molecule has 1 heterocycles. The maximum atomic E-state index is 12.4. The second kappa shape index (κ2) is 4.76. The predicted octanol–water partition coefficient (Wildman–Crippen LogP) is 2.39. The highest BCUT2D eigenvalue weighted by molar-refractivity contribution is 6.52. The molecule has 0 N–H and O–H groups in total. The summed E-state index contributed by atoms with van der Waals surface area (Å²) in [5, 5.41) is 21.3. The summed E-state index contributed by atoms with van der Waals surface area (Å²) in [6.07, 6.45) is 0. The Labute approximate surface area is 120 Å². The Kier molecular flexibility index (Phi) is 2.92. The van der Waals surface area contributed by atoms with Gasteiger partial charge in [0, 0.05) is 6.07 Å². The standard InChI is InChI=1S/C16H10N2O3/c1-21-12-4-2-3-11(8-12)15-16(19)13-6-5-10(9-17)7-14(13)18(15)20/h2-8H,1H3. The average Bonchev–Trinajstić information content (AvgIpc) is 2.78. The van der Waals surface area contributed by atoms with Gasteiger partial charge < -0.3 is 9.94 Å². The van der Waals surface area contributed by atoms with Gasteiger partial charge in [-0.25, -0.2) is 0 Å². The van der Waals surface area contributed by atoms with Crippen molar-refractivity contribution in [2.45, 2.75) is 0 Å². The van der Waals surface area contributed by atoms with Gasteiger partial charge in [0.2, 0.25) is 5.69 Å². The Hall–Kier alpha value is -3.13. The predicted molar refractivity (Wildman–Crippen MR) is 75.9 cm³/mol. The highest BCUT2D eigenvalue weighted by atomic mass is 16.5. The van der Waals surface area contributed by atoms with Gasteiger partial charge in [0.15, 0.2) is 0 Å². The van der Waals surface area contributed by atoms with E-state index in [2.05, 4.69) is 0 Å². The molecule has 3 rings (SSSR count). The van der Waals surface area contributed by atoms with Crippen molar-refractivity contribution in [3.8, 4) is 11.8 Å². The SMILES string of the molecule is COc1cccc(C2=[N+]([O-])c3cc(C#N)ccc3C2=O)c1. The minimum atomic E-state index is -0.349. The van der Waals surface area contributed by atoms with Crippen molar-refractivity contribution in [1.29, 1.82) is 5.26 Å². The molecule has 0 bridgehead atoms. The first-order valence-electron chi connectivity index (χ1n) is 6.23. The zero-order chi connectivity index (χ0) is 15.0. The zero-order valence-corrected chi connectivity index (χ0v) is 11.2. The van der Waals surface area contributed by atoms with Gasteiger partial charge in [-0.2, -0.15) is 10.0 Å². The van der Waals surface area contributed by atoms with E-state index in [4.69, 9.17) is 10.00 Å². The number of hydrogen-bond donors (Lipinski definition) is 0. The van der Waals surface area contributed by atoms with Gasteiger partial charge in [-0.05, 0) is 30.3 Å². The molecule has 0 radical (unpaired) electrons. The zero-order valence-electron chi connectivity index (χ0n) is 11.2. The van der Waals surface area contributed by atoms with E-state index in [9.17, 15) is 10.0 Å². The van der Waals surface area contributed by atoms with Gasteiger partial charge in [0.25, 0.3) is 11.5 Å². The van der Waals surface area contributed by atoms with Crippen LogP contribution in [-0.2, 0) is 0 Å². The highest BCUT2D eigenvalue weighted by Gasteiger charge is 2.36. The second-order valence-electron chi connectivity index (χ2n) is 4.55. The smallest absolute Gasteiger partial charge is 0.273 e. The molecule has 0 aromatic heterocycles. The van der Waals surface area contributed by atoms with Crippen molar-refractivity contribution >= 4 is 17.2 Å². The lowest BCUT2D eigenvalue weighted by Gasteiger charge is -2.04. The van der Waals surface area contributed by atoms with Crippen LogP contribution in [0.3, 0.4) is 0 Å². The molecular formula is C16H10N2O3. The first-order chi connectivity index (χ1) is 10.2. The Morgan fingerprint density at radius 3 is 2.76 bits per heavy atom. The number of carbonyl (C=O) groups is 1. The molecule has 2 aromatic carbocycles. The van der Waals surface area contributed by atoms with Crippen LogP contribution in [0.4, 0.5) is 5.69 Å². The molecule has 0 unspecified atom stereocenters. The lowest BCUT2D eigenvalue weighted by Crippen LogP contribution is -2.16. The van der Waals surface area contributed by atoms with Crippen molar-refractivity contribution in [2.75, 3.05) is 7.11 Å². The minimum Gasteiger partial charge on any atom is -0.618 e. The maximum Gasteiger partial charge on any atom is 0.273 e. The van der Waals surface area contributed by atoms with Crippen molar-refractivity contribution < 1.29 is 14.3 Å². The first kappa shape index (κ1) is 12.9. The molecule has 5 heteroatoms. The van der Waals surface area contributed by atoms with E-state index in [1.54, 1.807) is 24.3 Å². The molecule has 0 saturated carbocycles. The fourth-order valence-corrected chi connectivity index (χ4v) is 2.32. The molecule has 0 amide bonds. The summed E-state index contributed by atoms with van der Waals surface area (Å²) in [7, 11) is 1.52. The number of carbonyl (C=O) groups excluding carboxylic acids is 1. The van der Waals surface area contributed by atoms with E-state index in [1.807, 2.05) is 6.07 Å². The molecule has 102 valence electrons. The van der Waals surface area contributed by atoms with Crippen LogP contribution in [0, 0.1) is 16.5 Å². The summed E-state index contributed by atoms with van der Waals surface area (Å²) in [5.74, 6) is 0.215. The van der Waals surface area contributed by atoms with Crippen molar-refractivity contribution in [3.63, 3.8) is 0 Å². The monoisotopic (exact) mass is 278 g/mol. The lowest BCUT2D eigenvalue weighted by molar-refractivity contribution is -0.355. The molecular weight excluding hydrogens is 268 g/mol.